The summed E-state index contributed by atoms with van der Waals surface area (Å²) in [6.07, 6.45) is 1.90. The monoisotopic (exact) mass is 381 g/mol. The van der Waals surface area contributed by atoms with E-state index in [1.54, 1.807) is 18.2 Å². The summed E-state index contributed by atoms with van der Waals surface area (Å²) < 4.78 is 5.54. The Morgan fingerprint density at radius 1 is 1.19 bits per heavy atom. The van der Waals surface area contributed by atoms with Crippen molar-refractivity contribution < 1.29 is 9.53 Å². The Kier molecular flexibility index (Phi) is 6.08. The molecule has 1 heterocycles. The number of thiazole rings is 1. The molecule has 3 N–H and O–H groups in total. The van der Waals surface area contributed by atoms with Crippen molar-refractivity contribution in [1.29, 1.82) is 0 Å². The van der Waals surface area contributed by atoms with Gasteiger partial charge in [0.1, 0.15) is 5.75 Å². The lowest BCUT2D eigenvalue weighted by molar-refractivity contribution is 0.102. The van der Waals surface area contributed by atoms with E-state index in [0.29, 0.717) is 28.7 Å². The highest BCUT2D eigenvalue weighted by Crippen LogP contribution is 2.27. The molecular formula is C21H23N3O2S. The number of ether oxygens (including phenoxy) is 1. The standard InChI is InChI=1S/C21H23N3O2S/c1-3-11-26-19-10-9-16(12-17(19)22)20(25)24-21-23-18(13-27-21)15-7-5-14(4-2)6-8-15/h5-10,12-13H,3-4,11,22H2,1-2H3,(H,23,24,25). The first kappa shape index (κ1) is 18.9. The van der Waals surface area contributed by atoms with Crippen LogP contribution in [0, 0.1) is 0 Å². The normalized spacial score (nSPS) is 10.6. The van der Waals surface area contributed by atoms with Gasteiger partial charge in [0.2, 0.25) is 0 Å². The minimum absolute atomic E-state index is 0.244. The lowest BCUT2D eigenvalue weighted by atomic mass is 10.1. The number of hydrogen-bond acceptors (Lipinski definition) is 5. The Bertz CT molecular complexity index is 919. The molecule has 140 valence electrons. The fraction of sp³-hybridized carbons (Fsp3) is 0.238. The molecule has 0 saturated carbocycles. The van der Waals surface area contributed by atoms with Gasteiger partial charge in [-0.2, -0.15) is 0 Å². The highest BCUT2D eigenvalue weighted by molar-refractivity contribution is 7.14. The van der Waals surface area contributed by atoms with Crippen LogP contribution in [0.4, 0.5) is 10.8 Å². The van der Waals surface area contributed by atoms with Crippen LogP contribution in [0.15, 0.2) is 47.8 Å². The molecule has 3 aromatic rings. The molecule has 1 aromatic heterocycles. The van der Waals surface area contributed by atoms with E-state index in [9.17, 15) is 4.79 Å². The van der Waals surface area contributed by atoms with Gasteiger partial charge in [-0.1, -0.05) is 38.1 Å². The van der Waals surface area contributed by atoms with Gasteiger partial charge < -0.3 is 10.5 Å². The summed E-state index contributed by atoms with van der Waals surface area (Å²) in [6, 6.07) is 13.3. The van der Waals surface area contributed by atoms with Crippen LogP contribution in [0.2, 0.25) is 0 Å². The number of nitrogens with zero attached hydrogens (tertiary/aromatic N) is 1. The Labute approximate surface area is 163 Å². The van der Waals surface area contributed by atoms with E-state index < -0.39 is 0 Å². The van der Waals surface area contributed by atoms with Gasteiger partial charge >= 0.3 is 0 Å². The van der Waals surface area contributed by atoms with E-state index in [1.807, 2.05) is 12.3 Å². The fourth-order valence-electron chi connectivity index (χ4n) is 2.58. The van der Waals surface area contributed by atoms with Gasteiger partial charge in [0, 0.05) is 16.5 Å². The Hall–Kier alpha value is -2.86. The molecule has 0 aliphatic carbocycles. The van der Waals surface area contributed by atoms with Crippen molar-refractivity contribution in [2.75, 3.05) is 17.7 Å². The Morgan fingerprint density at radius 3 is 2.63 bits per heavy atom. The van der Waals surface area contributed by atoms with Crippen LogP contribution < -0.4 is 15.8 Å². The average molecular weight is 382 g/mol. The number of rotatable bonds is 7. The van der Waals surface area contributed by atoms with Gasteiger partial charge in [0.15, 0.2) is 5.13 Å². The number of aryl methyl sites for hydroxylation is 1. The van der Waals surface area contributed by atoms with Gasteiger partial charge in [-0.15, -0.1) is 11.3 Å². The lowest BCUT2D eigenvalue weighted by Crippen LogP contribution is -2.12. The minimum Gasteiger partial charge on any atom is -0.491 e. The summed E-state index contributed by atoms with van der Waals surface area (Å²) in [5.74, 6) is 0.353. The van der Waals surface area contributed by atoms with Crippen molar-refractivity contribution in [3.63, 3.8) is 0 Å². The number of amides is 1. The van der Waals surface area contributed by atoms with Crippen molar-refractivity contribution in [2.24, 2.45) is 0 Å². The maximum atomic E-state index is 12.5. The van der Waals surface area contributed by atoms with Crippen molar-refractivity contribution in [3.05, 3.63) is 59.0 Å². The van der Waals surface area contributed by atoms with E-state index in [4.69, 9.17) is 10.5 Å². The lowest BCUT2D eigenvalue weighted by Gasteiger charge is -2.09. The Morgan fingerprint density at radius 2 is 1.96 bits per heavy atom. The number of nitrogens with two attached hydrogens (primary N) is 1. The topological polar surface area (TPSA) is 77.2 Å². The predicted molar refractivity (Wildman–Crippen MR) is 112 cm³/mol. The number of carbonyl (C=O) groups excluding carboxylic acids is 1. The number of anilines is 2. The SMILES string of the molecule is CCCOc1ccc(C(=O)Nc2nc(-c3ccc(CC)cc3)cs2)cc1N. The maximum absolute atomic E-state index is 12.5. The van der Waals surface area contributed by atoms with Crippen LogP contribution in [0.1, 0.15) is 36.2 Å². The van der Waals surface area contributed by atoms with Gasteiger partial charge in [0.05, 0.1) is 18.0 Å². The van der Waals surface area contributed by atoms with Gasteiger partial charge in [-0.05, 0) is 36.6 Å². The number of carbonyl (C=O) groups is 1. The van der Waals surface area contributed by atoms with Crippen molar-refractivity contribution in [2.45, 2.75) is 26.7 Å². The van der Waals surface area contributed by atoms with E-state index in [-0.39, 0.29) is 5.91 Å². The zero-order chi connectivity index (χ0) is 19.2. The summed E-state index contributed by atoms with van der Waals surface area (Å²) >= 11 is 1.40. The van der Waals surface area contributed by atoms with Crippen molar-refractivity contribution in [3.8, 4) is 17.0 Å². The second-order valence-corrected chi connectivity index (χ2v) is 7.00. The van der Waals surface area contributed by atoms with Gasteiger partial charge in [0.25, 0.3) is 5.91 Å². The third-order valence-electron chi connectivity index (χ3n) is 4.12. The Balaban J connectivity index is 1.69. The number of nitrogens with one attached hydrogen (secondary N) is 1. The number of hydrogen-bond donors (Lipinski definition) is 2. The summed E-state index contributed by atoms with van der Waals surface area (Å²) in [4.78, 5) is 17.0. The van der Waals surface area contributed by atoms with E-state index in [1.165, 1.54) is 16.9 Å². The first-order valence-corrected chi connectivity index (χ1v) is 9.87. The third kappa shape index (κ3) is 4.65. The molecule has 0 atom stereocenters. The molecule has 0 unspecified atom stereocenters. The van der Waals surface area contributed by atoms with Crippen LogP contribution in [-0.4, -0.2) is 17.5 Å². The van der Waals surface area contributed by atoms with Crippen LogP contribution in [0.25, 0.3) is 11.3 Å². The van der Waals surface area contributed by atoms with Crippen LogP contribution in [-0.2, 0) is 6.42 Å². The molecule has 0 radical (unpaired) electrons. The molecule has 5 nitrogen and oxygen atoms in total. The largest absolute Gasteiger partial charge is 0.491 e. The summed E-state index contributed by atoms with van der Waals surface area (Å²) in [5.41, 5.74) is 10.1. The van der Waals surface area contributed by atoms with Crippen LogP contribution >= 0.6 is 11.3 Å². The molecule has 0 fully saturated rings. The predicted octanol–water partition coefficient (Wildman–Crippen LogP) is 5.00. The molecule has 0 aliphatic heterocycles. The first-order valence-electron chi connectivity index (χ1n) is 8.99. The van der Waals surface area contributed by atoms with E-state index >= 15 is 0 Å². The number of aromatic nitrogens is 1. The molecule has 1 amide bonds. The smallest absolute Gasteiger partial charge is 0.257 e. The molecule has 3 rings (SSSR count). The quantitative estimate of drug-likeness (QED) is 0.565. The fourth-order valence-corrected chi connectivity index (χ4v) is 3.29. The van der Waals surface area contributed by atoms with Crippen molar-refractivity contribution >= 4 is 28.1 Å². The van der Waals surface area contributed by atoms with Gasteiger partial charge in [-0.3, -0.25) is 10.1 Å². The third-order valence-corrected chi connectivity index (χ3v) is 4.87. The van der Waals surface area contributed by atoms with Crippen molar-refractivity contribution in [1.82, 2.24) is 4.98 Å². The molecule has 0 bridgehead atoms. The number of benzene rings is 2. The second-order valence-electron chi connectivity index (χ2n) is 6.14. The highest BCUT2D eigenvalue weighted by atomic mass is 32.1. The zero-order valence-corrected chi connectivity index (χ0v) is 16.3. The van der Waals surface area contributed by atoms with Crippen LogP contribution in [0.5, 0.6) is 5.75 Å². The molecule has 2 aromatic carbocycles. The number of nitrogen functional groups attached to an aromatic ring is 1. The zero-order valence-electron chi connectivity index (χ0n) is 15.5. The van der Waals surface area contributed by atoms with E-state index in [0.717, 1.165) is 24.1 Å². The minimum atomic E-state index is -0.244. The molecule has 0 spiro atoms. The summed E-state index contributed by atoms with van der Waals surface area (Å²) in [6.45, 7) is 4.75. The molecule has 0 saturated heterocycles. The van der Waals surface area contributed by atoms with Gasteiger partial charge in [-0.25, -0.2) is 4.98 Å². The molecule has 27 heavy (non-hydrogen) atoms. The molecular weight excluding hydrogens is 358 g/mol. The van der Waals surface area contributed by atoms with E-state index in [2.05, 4.69) is 41.5 Å². The maximum Gasteiger partial charge on any atom is 0.257 e. The summed E-state index contributed by atoms with van der Waals surface area (Å²) in [5, 5.41) is 5.33. The second kappa shape index (κ2) is 8.68. The molecule has 0 aliphatic rings. The molecule has 6 heteroatoms. The average Bonchev–Trinajstić information content (AvgIpc) is 3.15. The van der Waals surface area contributed by atoms with Crippen LogP contribution in [0.3, 0.4) is 0 Å². The summed E-state index contributed by atoms with van der Waals surface area (Å²) in [7, 11) is 0. The highest BCUT2D eigenvalue weighted by Gasteiger charge is 2.12. The first-order chi connectivity index (χ1) is 13.1.